The van der Waals surface area contributed by atoms with Gasteiger partial charge in [0, 0.05) is 59.5 Å². The van der Waals surface area contributed by atoms with Gasteiger partial charge in [0.2, 0.25) is 10.0 Å². The SMILES string of the molecule is O=S(=O)(/C1=C(\c2cccnc2)c2cc(-c3cc(Cl)no3)ccc2NCOC1)N1CCOCC1. The molecule has 0 unspecified atom stereocenters. The molecule has 1 saturated heterocycles. The van der Waals surface area contributed by atoms with Crippen molar-refractivity contribution in [1.82, 2.24) is 14.4 Å². The number of sulfonamides is 1. The number of morpholine rings is 1. The summed E-state index contributed by atoms with van der Waals surface area (Å²) in [4.78, 5) is 4.40. The predicted molar refractivity (Wildman–Crippen MR) is 123 cm³/mol. The number of rotatable bonds is 4. The Labute approximate surface area is 196 Å². The number of nitrogens with zero attached hydrogens (tertiary/aromatic N) is 3. The van der Waals surface area contributed by atoms with Crippen molar-refractivity contribution in [2.45, 2.75) is 0 Å². The lowest BCUT2D eigenvalue weighted by atomic mass is 9.94. The molecule has 5 rings (SSSR count). The number of pyridine rings is 1. The third-order valence-corrected chi connectivity index (χ3v) is 7.67. The molecular weight excluding hydrogens is 468 g/mol. The first-order chi connectivity index (χ1) is 16.0. The first kappa shape index (κ1) is 22.1. The number of fused-ring (bicyclic) bond motifs is 1. The number of hydrogen-bond acceptors (Lipinski definition) is 8. The van der Waals surface area contributed by atoms with Crippen LogP contribution in [0.5, 0.6) is 0 Å². The molecule has 3 aromatic rings. The van der Waals surface area contributed by atoms with Crippen LogP contribution in [0.3, 0.4) is 0 Å². The molecule has 172 valence electrons. The Hall–Kier alpha value is -2.76. The molecule has 9 nitrogen and oxygen atoms in total. The molecule has 0 saturated carbocycles. The molecular formula is C22H21ClN4O5S. The van der Waals surface area contributed by atoms with Gasteiger partial charge >= 0.3 is 0 Å². The van der Waals surface area contributed by atoms with Crippen molar-refractivity contribution in [3.8, 4) is 11.3 Å². The maximum absolute atomic E-state index is 13.8. The van der Waals surface area contributed by atoms with Gasteiger partial charge in [0.1, 0.15) is 6.73 Å². The van der Waals surface area contributed by atoms with Crippen LogP contribution in [0, 0.1) is 0 Å². The average molecular weight is 489 g/mol. The van der Waals surface area contributed by atoms with E-state index in [1.54, 1.807) is 24.5 Å². The van der Waals surface area contributed by atoms with Crippen LogP contribution in [0.1, 0.15) is 11.1 Å². The molecule has 0 aliphatic carbocycles. The highest BCUT2D eigenvalue weighted by atomic mass is 35.5. The number of halogens is 1. The highest BCUT2D eigenvalue weighted by Crippen LogP contribution is 2.38. The summed E-state index contributed by atoms with van der Waals surface area (Å²) in [5.74, 6) is 0.476. The molecule has 33 heavy (non-hydrogen) atoms. The molecule has 11 heteroatoms. The molecule has 1 aromatic carbocycles. The van der Waals surface area contributed by atoms with Crippen LogP contribution >= 0.6 is 11.6 Å². The van der Waals surface area contributed by atoms with E-state index in [2.05, 4.69) is 15.5 Å². The predicted octanol–water partition coefficient (Wildman–Crippen LogP) is 3.21. The number of aromatic nitrogens is 2. The Morgan fingerprint density at radius 2 is 1.91 bits per heavy atom. The summed E-state index contributed by atoms with van der Waals surface area (Å²) in [6.07, 6.45) is 3.29. The van der Waals surface area contributed by atoms with Crippen LogP contribution in [-0.4, -0.2) is 62.5 Å². The fraction of sp³-hybridized carbons (Fsp3) is 0.273. The molecule has 1 N–H and O–H groups in total. The van der Waals surface area contributed by atoms with Gasteiger partial charge in [0.05, 0.1) is 24.7 Å². The minimum absolute atomic E-state index is 0.0886. The van der Waals surface area contributed by atoms with Gasteiger partial charge < -0.3 is 19.3 Å². The highest BCUT2D eigenvalue weighted by Gasteiger charge is 2.33. The van der Waals surface area contributed by atoms with E-state index in [1.807, 2.05) is 24.3 Å². The Morgan fingerprint density at radius 1 is 1.06 bits per heavy atom. The number of anilines is 1. The van der Waals surface area contributed by atoms with Gasteiger partial charge in [-0.1, -0.05) is 22.8 Å². The second-order valence-corrected chi connectivity index (χ2v) is 9.85. The van der Waals surface area contributed by atoms with Crippen molar-refractivity contribution < 1.29 is 22.4 Å². The quantitative estimate of drug-likeness (QED) is 0.596. The lowest BCUT2D eigenvalue weighted by Crippen LogP contribution is -2.42. The van der Waals surface area contributed by atoms with Gasteiger partial charge in [0.15, 0.2) is 10.9 Å². The van der Waals surface area contributed by atoms with E-state index in [-0.39, 0.29) is 36.5 Å². The lowest BCUT2D eigenvalue weighted by molar-refractivity contribution is 0.0731. The van der Waals surface area contributed by atoms with E-state index in [1.165, 1.54) is 4.31 Å². The third-order valence-electron chi connectivity index (χ3n) is 5.50. The monoisotopic (exact) mass is 488 g/mol. The maximum atomic E-state index is 13.8. The van der Waals surface area contributed by atoms with Crippen LogP contribution < -0.4 is 5.32 Å². The molecule has 0 amide bonds. The van der Waals surface area contributed by atoms with Gasteiger partial charge in [-0.05, 0) is 24.3 Å². The molecule has 0 spiro atoms. The van der Waals surface area contributed by atoms with Crippen LogP contribution in [0.2, 0.25) is 5.15 Å². The van der Waals surface area contributed by atoms with Crippen molar-refractivity contribution in [2.24, 2.45) is 0 Å². The summed E-state index contributed by atoms with van der Waals surface area (Å²) in [5.41, 5.74) is 3.29. The van der Waals surface area contributed by atoms with E-state index in [0.29, 0.717) is 41.2 Å². The number of hydrogen-bond donors (Lipinski definition) is 1. The molecule has 0 atom stereocenters. The summed E-state index contributed by atoms with van der Waals surface area (Å²) < 4.78 is 45.5. The van der Waals surface area contributed by atoms with Gasteiger partial charge in [-0.3, -0.25) is 4.98 Å². The first-order valence-corrected chi connectivity index (χ1v) is 12.2. The Bertz CT molecular complexity index is 1290. The van der Waals surface area contributed by atoms with Crippen LogP contribution in [0.25, 0.3) is 16.9 Å². The summed E-state index contributed by atoms with van der Waals surface area (Å²) in [7, 11) is -3.84. The van der Waals surface area contributed by atoms with Gasteiger partial charge in [-0.15, -0.1) is 0 Å². The average Bonchev–Trinajstić information content (AvgIpc) is 3.27. The maximum Gasteiger partial charge on any atom is 0.242 e. The summed E-state index contributed by atoms with van der Waals surface area (Å²) >= 11 is 5.95. The minimum atomic E-state index is -3.84. The topological polar surface area (TPSA) is 107 Å². The van der Waals surface area contributed by atoms with Crippen LogP contribution in [0.15, 0.2) is 58.2 Å². The van der Waals surface area contributed by atoms with E-state index in [0.717, 1.165) is 5.69 Å². The molecule has 0 bridgehead atoms. The fourth-order valence-corrected chi connectivity index (χ4v) is 5.71. The number of ether oxygens (including phenoxy) is 2. The van der Waals surface area contributed by atoms with Gasteiger partial charge in [0.25, 0.3) is 0 Å². The molecule has 2 aromatic heterocycles. The second kappa shape index (κ2) is 9.24. The fourth-order valence-electron chi connectivity index (χ4n) is 3.92. The van der Waals surface area contributed by atoms with Gasteiger partial charge in [-0.2, -0.15) is 4.31 Å². The highest BCUT2D eigenvalue weighted by molar-refractivity contribution is 7.93. The van der Waals surface area contributed by atoms with E-state index in [4.69, 9.17) is 25.6 Å². The minimum Gasteiger partial charge on any atom is -0.379 e. The summed E-state index contributed by atoms with van der Waals surface area (Å²) in [6.45, 7) is 1.34. The molecule has 1 fully saturated rings. The van der Waals surface area contributed by atoms with E-state index >= 15 is 0 Å². The Morgan fingerprint density at radius 3 is 2.64 bits per heavy atom. The Kier molecular flexibility index (Phi) is 6.17. The van der Waals surface area contributed by atoms with Crippen molar-refractivity contribution in [2.75, 3.05) is 45.0 Å². The van der Waals surface area contributed by atoms with Crippen molar-refractivity contribution >= 4 is 32.9 Å². The third kappa shape index (κ3) is 4.40. The molecule has 0 radical (unpaired) electrons. The van der Waals surface area contributed by atoms with Crippen molar-refractivity contribution in [3.05, 3.63) is 70.0 Å². The summed E-state index contributed by atoms with van der Waals surface area (Å²) in [5, 5.41) is 7.21. The van der Waals surface area contributed by atoms with E-state index < -0.39 is 10.0 Å². The molecule has 2 aliphatic heterocycles. The number of nitrogens with one attached hydrogen (secondary N) is 1. The largest absolute Gasteiger partial charge is 0.379 e. The normalized spacial score (nSPS) is 19.9. The zero-order chi connectivity index (χ0) is 22.8. The van der Waals surface area contributed by atoms with Gasteiger partial charge in [-0.25, -0.2) is 8.42 Å². The zero-order valence-corrected chi connectivity index (χ0v) is 19.1. The summed E-state index contributed by atoms with van der Waals surface area (Å²) in [6, 6.07) is 10.8. The molecule has 4 heterocycles. The zero-order valence-electron chi connectivity index (χ0n) is 17.5. The van der Waals surface area contributed by atoms with Crippen molar-refractivity contribution in [3.63, 3.8) is 0 Å². The standard InChI is InChI=1S/C22H21ClN4O5S/c23-21-11-19(32-26-21)15-3-4-18-17(10-15)22(16-2-1-5-24-12-16)20(13-31-14-25-18)33(28,29)27-6-8-30-9-7-27/h1-5,10-12,25H,6-9,13-14H2/b22-20+. The Balaban J connectivity index is 1.76. The second-order valence-electron chi connectivity index (χ2n) is 7.50. The molecule has 2 aliphatic rings. The van der Waals surface area contributed by atoms with Crippen LogP contribution in [0.4, 0.5) is 5.69 Å². The lowest BCUT2D eigenvalue weighted by Gasteiger charge is -2.30. The number of benzene rings is 1. The van der Waals surface area contributed by atoms with Crippen molar-refractivity contribution in [1.29, 1.82) is 0 Å². The van der Waals surface area contributed by atoms with E-state index in [9.17, 15) is 8.42 Å². The first-order valence-electron chi connectivity index (χ1n) is 10.3. The smallest absolute Gasteiger partial charge is 0.242 e. The van der Waals surface area contributed by atoms with Crippen LogP contribution in [-0.2, 0) is 19.5 Å².